The second-order valence-corrected chi connectivity index (χ2v) is 12.2. The van der Waals surface area contributed by atoms with Crippen LogP contribution in [0.2, 0.25) is 24.7 Å². The summed E-state index contributed by atoms with van der Waals surface area (Å²) in [6.07, 6.45) is 0. The number of methoxy groups -OCH3 is 1. The van der Waals surface area contributed by atoms with Crippen LogP contribution >= 0.6 is 23.5 Å². The molecule has 0 bridgehead atoms. The first-order chi connectivity index (χ1) is 8.33. The first-order valence-electron chi connectivity index (χ1n) is 5.53. The Labute approximate surface area is 118 Å². The molecule has 1 aromatic rings. The van der Waals surface area contributed by atoms with E-state index in [1.807, 2.05) is 0 Å². The average Bonchev–Trinajstić information content (AvgIpc) is 2.27. The van der Waals surface area contributed by atoms with E-state index in [2.05, 4.69) is 24.0 Å². The van der Waals surface area contributed by atoms with Gasteiger partial charge in [0.05, 0.1) is 20.2 Å². The molecule has 0 radical (unpaired) electrons. The lowest BCUT2D eigenvalue weighted by Crippen LogP contribution is -2.23. The third-order valence-corrected chi connectivity index (χ3v) is 6.57. The summed E-state index contributed by atoms with van der Waals surface area (Å²) in [5, 5.41) is 1.09. The Balaban J connectivity index is 2.82. The fourth-order valence-corrected chi connectivity index (χ4v) is 3.41. The number of hydrogen-bond donors (Lipinski definition) is 0. The molecule has 0 N–H and O–H groups in total. The summed E-state index contributed by atoms with van der Waals surface area (Å²) in [6, 6.07) is 4.45. The summed E-state index contributed by atoms with van der Waals surface area (Å²) in [7, 11) is 0.403. The van der Waals surface area contributed by atoms with Gasteiger partial charge in [0.2, 0.25) is 5.90 Å². The number of hydrogen-bond acceptors (Lipinski definition) is 3. The van der Waals surface area contributed by atoms with E-state index >= 15 is 0 Å². The monoisotopic (exact) mass is 305 g/mol. The quantitative estimate of drug-likeness (QED) is 0.356. The van der Waals surface area contributed by atoms with Crippen molar-refractivity contribution < 1.29 is 9.13 Å². The molecule has 0 spiro atoms. The van der Waals surface area contributed by atoms with E-state index in [4.69, 9.17) is 16.3 Å². The van der Waals surface area contributed by atoms with E-state index in [1.165, 1.54) is 24.1 Å². The van der Waals surface area contributed by atoms with E-state index < -0.39 is 13.9 Å². The fraction of sp³-hybridized carbons (Fsp3) is 0.417. The van der Waals surface area contributed by atoms with Crippen molar-refractivity contribution in [2.24, 2.45) is 4.40 Å². The summed E-state index contributed by atoms with van der Waals surface area (Å²) in [5.74, 6) is 0.0331. The molecule has 0 saturated heterocycles. The Hall–Kier alpha value is -0.523. The standard InChI is InChI=1S/C12H17ClFNOSSi/c1-16-12(15-17-8-18(2,3)4)9-5-6-11(14)10(13)7-9/h5-7H,8H2,1-4H3. The van der Waals surface area contributed by atoms with E-state index in [9.17, 15) is 4.39 Å². The van der Waals surface area contributed by atoms with Crippen LogP contribution in [0.1, 0.15) is 5.56 Å². The highest BCUT2D eigenvalue weighted by atomic mass is 35.5. The summed E-state index contributed by atoms with van der Waals surface area (Å²) in [4.78, 5) is 0. The smallest absolute Gasteiger partial charge is 0.227 e. The molecule has 1 rings (SSSR count). The zero-order valence-corrected chi connectivity index (χ0v) is 13.5. The molecule has 2 nitrogen and oxygen atoms in total. The van der Waals surface area contributed by atoms with Gasteiger partial charge in [0.25, 0.3) is 0 Å². The van der Waals surface area contributed by atoms with Crippen LogP contribution in [0.5, 0.6) is 0 Å². The molecule has 0 aliphatic heterocycles. The number of halogens is 2. The van der Waals surface area contributed by atoms with Gasteiger partial charge in [0.1, 0.15) is 5.82 Å². The van der Waals surface area contributed by atoms with Gasteiger partial charge in [-0.2, -0.15) is 4.40 Å². The van der Waals surface area contributed by atoms with Crippen LogP contribution < -0.4 is 0 Å². The van der Waals surface area contributed by atoms with Crippen LogP contribution in [0.3, 0.4) is 0 Å². The molecule has 0 aliphatic carbocycles. The Morgan fingerprint density at radius 3 is 2.61 bits per heavy atom. The van der Waals surface area contributed by atoms with Gasteiger partial charge in [-0.15, -0.1) is 0 Å². The molecule has 100 valence electrons. The third kappa shape index (κ3) is 5.00. The van der Waals surface area contributed by atoms with Crippen molar-refractivity contribution >= 4 is 37.5 Å². The molecule has 0 amide bonds. The topological polar surface area (TPSA) is 21.6 Å². The molecule has 0 unspecified atom stereocenters. The molecule has 0 atom stereocenters. The minimum absolute atomic E-state index is 0.0763. The number of rotatable bonds is 4. The van der Waals surface area contributed by atoms with E-state index in [-0.39, 0.29) is 5.02 Å². The Morgan fingerprint density at radius 2 is 2.11 bits per heavy atom. The number of nitrogens with zero attached hydrogens (tertiary/aromatic N) is 1. The maximum absolute atomic E-state index is 13.1. The minimum atomic E-state index is -1.14. The number of benzene rings is 1. The molecule has 0 aliphatic rings. The molecule has 0 heterocycles. The van der Waals surface area contributed by atoms with Crippen LogP contribution in [-0.2, 0) is 4.74 Å². The lowest BCUT2D eigenvalue weighted by Gasteiger charge is -2.13. The van der Waals surface area contributed by atoms with Crippen LogP contribution in [-0.4, -0.2) is 26.5 Å². The Morgan fingerprint density at radius 1 is 1.44 bits per heavy atom. The van der Waals surface area contributed by atoms with Crippen molar-refractivity contribution in [1.82, 2.24) is 0 Å². The molecular formula is C12H17ClFNOSSi. The third-order valence-electron chi connectivity index (χ3n) is 2.00. The maximum atomic E-state index is 13.1. The van der Waals surface area contributed by atoms with Crippen LogP contribution in [0.15, 0.2) is 22.6 Å². The zero-order valence-electron chi connectivity index (χ0n) is 11.0. The van der Waals surface area contributed by atoms with Crippen molar-refractivity contribution in [2.75, 3.05) is 12.5 Å². The first-order valence-corrected chi connectivity index (χ1v) is 10.6. The second kappa shape index (κ2) is 6.59. The molecule has 18 heavy (non-hydrogen) atoms. The average molecular weight is 306 g/mol. The normalized spacial score (nSPS) is 12.7. The molecule has 1 aromatic carbocycles. The first kappa shape index (κ1) is 15.5. The zero-order chi connectivity index (χ0) is 13.8. The minimum Gasteiger partial charge on any atom is -0.480 e. The van der Waals surface area contributed by atoms with Crippen molar-refractivity contribution in [2.45, 2.75) is 19.6 Å². The summed E-state index contributed by atoms with van der Waals surface area (Å²) < 4.78 is 22.6. The van der Waals surface area contributed by atoms with Gasteiger partial charge in [-0.05, 0) is 30.1 Å². The largest absolute Gasteiger partial charge is 0.480 e. The predicted octanol–water partition coefficient (Wildman–Crippen LogP) is 4.40. The lowest BCUT2D eigenvalue weighted by atomic mass is 10.2. The van der Waals surface area contributed by atoms with Gasteiger partial charge in [-0.3, -0.25) is 0 Å². The predicted molar refractivity (Wildman–Crippen MR) is 80.8 cm³/mol. The molecule has 0 saturated carbocycles. The SMILES string of the molecule is COC(=NSC[Si](C)(C)C)c1ccc(F)c(Cl)c1. The van der Waals surface area contributed by atoms with Crippen molar-refractivity contribution in [1.29, 1.82) is 0 Å². The van der Waals surface area contributed by atoms with Crippen LogP contribution in [0, 0.1) is 5.82 Å². The van der Waals surface area contributed by atoms with Gasteiger partial charge in [-0.1, -0.05) is 31.2 Å². The molecular weight excluding hydrogens is 289 g/mol. The molecule has 0 fully saturated rings. The summed E-state index contributed by atoms with van der Waals surface area (Å²) in [6.45, 7) is 6.82. The van der Waals surface area contributed by atoms with Gasteiger partial charge in [0.15, 0.2) is 0 Å². The van der Waals surface area contributed by atoms with Gasteiger partial charge in [0, 0.05) is 10.9 Å². The summed E-state index contributed by atoms with van der Waals surface area (Å²) >= 11 is 7.22. The number of ether oxygens (including phenoxy) is 1. The highest BCUT2D eigenvalue weighted by Crippen LogP contribution is 2.19. The van der Waals surface area contributed by atoms with Crippen LogP contribution in [0.4, 0.5) is 4.39 Å². The highest BCUT2D eigenvalue weighted by molar-refractivity contribution is 7.99. The van der Waals surface area contributed by atoms with Gasteiger partial charge in [-0.25, -0.2) is 4.39 Å². The van der Waals surface area contributed by atoms with Gasteiger partial charge < -0.3 is 4.74 Å². The Bertz CT molecular complexity index is 448. The fourth-order valence-electron chi connectivity index (χ4n) is 1.12. The second-order valence-electron chi connectivity index (χ2n) is 5.06. The molecule has 0 aromatic heterocycles. The van der Waals surface area contributed by atoms with E-state index in [1.54, 1.807) is 13.2 Å². The van der Waals surface area contributed by atoms with Crippen LogP contribution in [0.25, 0.3) is 0 Å². The van der Waals surface area contributed by atoms with E-state index in [0.717, 1.165) is 5.38 Å². The molecule has 6 heteroatoms. The highest BCUT2D eigenvalue weighted by Gasteiger charge is 2.13. The lowest BCUT2D eigenvalue weighted by molar-refractivity contribution is 0.406. The Kier molecular flexibility index (Phi) is 5.69. The van der Waals surface area contributed by atoms with Crippen molar-refractivity contribution in [3.63, 3.8) is 0 Å². The maximum Gasteiger partial charge on any atom is 0.227 e. The van der Waals surface area contributed by atoms with Gasteiger partial charge >= 0.3 is 0 Å². The van der Waals surface area contributed by atoms with E-state index in [0.29, 0.717) is 11.5 Å². The van der Waals surface area contributed by atoms with Crippen molar-refractivity contribution in [3.8, 4) is 0 Å². The van der Waals surface area contributed by atoms with Crippen molar-refractivity contribution in [3.05, 3.63) is 34.6 Å². The summed E-state index contributed by atoms with van der Waals surface area (Å²) in [5.41, 5.74) is 0.687.